The van der Waals surface area contributed by atoms with E-state index >= 15 is 0 Å². The van der Waals surface area contributed by atoms with Crippen LogP contribution in [-0.2, 0) is 4.74 Å². The van der Waals surface area contributed by atoms with Gasteiger partial charge in [-0.05, 0) is 50.5 Å². The van der Waals surface area contributed by atoms with E-state index in [1.807, 2.05) is 47.4 Å². The molecule has 1 aliphatic heterocycles. The lowest BCUT2D eigenvalue weighted by Gasteiger charge is -2.35. The molecule has 0 atom stereocenters. The molecular formula is C32H35N5O5. The zero-order valence-electron chi connectivity index (χ0n) is 24.0. The Bertz CT molecular complexity index is 1570. The van der Waals surface area contributed by atoms with Crippen molar-refractivity contribution in [1.29, 1.82) is 0 Å². The number of ether oxygens (including phenoxy) is 2. The van der Waals surface area contributed by atoms with Crippen LogP contribution in [0.1, 0.15) is 21.5 Å². The molecule has 0 bridgehead atoms. The van der Waals surface area contributed by atoms with E-state index in [2.05, 4.69) is 33.6 Å². The summed E-state index contributed by atoms with van der Waals surface area (Å²) in [6.07, 6.45) is -0.832. The third-order valence-corrected chi connectivity index (χ3v) is 7.28. The Balaban J connectivity index is 1.40. The molecule has 2 N–H and O–H groups in total. The Morgan fingerprint density at radius 2 is 1.67 bits per heavy atom. The lowest BCUT2D eigenvalue weighted by Crippen LogP contribution is -2.49. The zero-order valence-corrected chi connectivity index (χ0v) is 24.0. The highest BCUT2D eigenvalue weighted by Gasteiger charge is 2.23. The van der Waals surface area contributed by atoms with Crippen LogP contribution < -0.4 is 4.74 Å². The van der Waals surface area contributed by atoms with Gasteiger partial charge in [0.25, 0.3) is 5.91 Å². The van der Waals surface area contributed by atoms with E-state index in [1.165, 1.54) is 7.11 Å². The molecule has 1 saturated heterocycles. The van der Waals surface area contributed by atoms with E-state index in [9.17, 15) is 14.7 Å². The van der Waals surface area contributed by atoms with Crippen molar-refractivity contribution in [2.45, 2.75) is 0 Å². The number of aromatic nitrogens is 1. The summed E-state index contributed by atoms with van der Waals surface area (Å²) in [5, 5.41) is 11.7. The van der Waals surface area contributed by atoms with Crippen molar-refractivity contribution in [3.8, 4) is 11.6 Å². The molecule has 4 aromatic rings. The van der Waals surface area contributed by atoms with Gasteiger partial charge >= 0.3 is 6.16 Å². The van der Waals surface area contributed by atoms with Gasteiger partial charge in [0.1, 0.15) is 5.75 Å². The van der Waals surface area contributed by atoms with Gasteiger partial charge in [-0.3, -0.25) is 9.69 Å². The Hall–Kier alpha value is -4.67. The normalized spacial score (nSPS) is 14.4. The number of hydrogen-bond acceptors (Lipinski definition) is 8. The summed E-state index contributed by atoms with van der Waals surface area (Å²) in [6.45, 7) is 5.15. The van der Waals surface area contributed by atoms with Crippen LogP contribution >= 0.6 is 0 Å². The minimum absolute atomic E-state index is 0.0142. The number of nitrogens with zero attached hydrogens (tertiary/aromatic N) is 4. The van der Waals surface area contributed by atoms with Crippen LogP contribution in [0.15, 0.2) is 77.8 Å². The molecule has 1 aliphatic rings. The summed E-state index contributed by atoms with van der Waals surface area (Å²) in [7, 11) is 5.37. The van der Waals surface area contributed by atoms with E-state index in [1.54, 1.807) is 30.3 Å². The number of piperazine rings is 1. The first-order valence-electron chi connectivity index (χ1n) is 13.8. The van der Waals surface area contributed by atoms with Crippen molar-refractivity contribution in [1.82, 2.24) is 19.7 Å². The van der Waals surface area contributed by atoms with Gasteiger partial charge in [0, 0.05) is 61.8 Å². The number of aromatic hydroxyl groups is 1. The summed E-state index contributed by atoms with van der Waals surface area (Å²) in [5.74, 6) is 0.218. The van der Waals surface area contributed by atoms with Gasteiger partial charge in [-0.1, -0.05) is 30.3 Å². The number of amides is 1. The summed E-state index contributed by atoms with van der Waals surface area (Å²) >= 11 is 0. The second-order valence-electron chi connectivity index (χ2n) is 10.4. The van der Waals surface area contributed by atoms with Crippen molar-refractivity contribution in [2.75, 3.05) is 60.5 Å². The van der Waals surface area contributed by atoms with Gasteiger partial charge in [-0.25, -0.2) is 9.79 Å². The van der Waals surface area contributed by atoms with Crippen molar-refractivity contribution in [2.24, 2.45) is 4.99 Å². The molecule has 10 heteroatoms. The van der Waals surface area contributed by atoms with Crippen molar-refractivity contribution in [3.05, 3.63) is 89.5 Å². The fraction of sp³-hybridized carbons (Fsp3) is 0.281. The fourth-order valence-electron chi connectivity index (χ4n) is 4.97. The molecule has 0 saturated carbocycles. The predicted octanol–water partition coefficient (Wildman–Crippen LogP) is 4.51. The first-order chi connectivity index (χ1) is 20.3. The number of carbonyl (C=O) groups excluding carboxylic acids is 2. The van der Waals surface area contributed by atoms with Gasteiger partial charge < -0.3 is 29.4 Å². The number of aliphatic imine (C=N–C) groups is 1. The molecule has 5 rings (SSSR count). The van der Waals surface area contributed by atoms with Crippen LogP contribution in [0.5, 0.6) is 11.6 Å². The molecule has 0 spiro atoms. The number of methoxy groups -OCH3 is 1. The number of nitrogens with one attached hydrogen (secondary N) is 1. The minimum Gasteiger partial charge on any atom is -0.494 e. The summed E-state index contributed by atoms with van der Waals surface area (Å²) in [6, 6.07) is 21.8. The molecular weight excluding hydrogens is 534 g/mol. The van der Waals surface area contributed by atoms with Crippen LogP contribution in [-0.4, -0.2) is 103 Å². The Morgan fingerprint density at radius 3 is 2.33 bits per heavy atom. The SMILES string of the molecule is COC(=O)Oc1ccc2c(C(=Nc3ccc(C(=O)N4CCN(CCN(C)C)CC4)cc3)c3ccccc3)c(O)[nH]c2c1. The van der Waals surface area contributed by atoms with E-state index in [0.717, 1.165) is 31.7 Å². The summed E-state index contributed by atoms with van der Waals surface area (Å²) in [4.78, 5) is 39.1. The lowest BCUT2D eigenvalue weighted by molar-refractivity contribution is 0.0629. The molecule has 1 aromatic heterocycles. The van der Waals surface area contributed by atoms with Crippen LogP contribution in [0.4, 0.5) is 10.5 Å². The topological polar surface area (TPSA) is 111 Å². The number of aromatic amines is 1. The number of H-pyrrole nitrogens is 1. The molecule has 218 valence electrons. The molecule has 42 heavy (non-hydrogen) atoms. The molecule has 0 unspecified atom stereocenters. The summed E-state index contributed by atoms with van der Waals surface area (Å²) in [5.41, 5.74) is 3.68. The van der Waals surface area contributed by atoms with E-state index in [4.69, 9.17) is 9.73 Å². The summed E-state index contributed by atoms with van der Waals surface area (Å²) < 4.78 is 9.70. The van der Waals surface area contributed by atoms with Gasteiger partial charge in [0.15, 0.2) is 5.88 Å². The third kappa shape index (κ3) is 6.62. The second-order valence-corrected chi connectivity index (χ2v) is 10.4. The number of carbonyl (C=O) groups is 2. The van der Waals surface area contributed by atoms with Crippen LogP contribution in [0.3, 0.4) is 0 Å². The fourth-order valence-corrected chi connectivity index (χ4v) is 4.97. The highest BCUT2D eigenvalue weighted by atomic mass is 16.7. The number of hydrogen-bond donors (Lipinski definition) is 2. The van der Waals surface area contributed by atoms with E-state index < -0.39 is 6.16 Å². The second kappa shape index (κ2) is 12.9. The lowest BCUT2D eigenvalue weighted by atomic mass is 10.0. The molecule has 3 aromatic carbocycles. The van der Waals surface area contributed by atoms with Gasteiger partial charge in [-0.15, -0.1) is 0 Å². The molecule has 10 nitrogen and oxygen atoms in total. The number of rotatable bonds is 8. The van der Waals surface area contributed by atoms with E-state index in [-0.39, 0.29) is 17.5 Å². The highest BCUT2D eigenvalue weighted by Crippen LogP contribution is 2.33. The molecule has 1 fully saturated rings. The zero-order chi connectivity index (χ0) is 29.6. The Kier molecular flexibility index (Phi) is 8.85. The van der Waals surface area contributed by atoms with Crippen LogP contribution in [0.2, 0.25) is 0 Å². The highest BCUT2D eigenvalue weighted by molar-refractivity contribution is 6.22. The molecule has 0 radical (unpaired) electrons. The number of likely N-dealkylation sites (N-methyl/N-ethyl adjacent to an activating group) is 1. The third-order valence-electron chi connectivity index (χ3n) is 7.28. The van der Waals surface area contributed by atoms with Crippen molar-refractivity contribution in [3.63, 3.8) is 0 Å². The quantitative estimate of drug-likeness (QED) is 0.183. The van der Waals surface area contributed by atoms with Gasteiger partial charge in [0.2, 0.25) is 0 Å². The molecule has 0 aliphatic carbocycles. The van der Waals surface area contributed by atoms with Gasteiger partial charge in [-0.2, -0.15) is 0 Å². The largest absolute Gasteiger partial charge is 0.513 e. The Labute approximate surface area is 244 Å². The predicted molar refractivity (Wildman–Crippen MR) is 162 cm³/mol. The molecule has 2 heterocycles. The van der Waals surface area contributed by atoms with Crippen LogP contribution in [0, 0.1) is 0 Å². The monoisotopic (exact) mass is 569 g/mol. The average Bonchev–Trinajstić information content (AvgIpc) is 3.33. The average molecular weight is 570 g/mol. The number of fused-ring (bicyclic) bond motifs is 1. The maximum atomic E-state index is 13.2. The maximum Gasteiger partial charge on any atom is 0.513 e. The van der Waals surface area contributed by atoms with Crippen molar-refractivity contribution >= 4 is 34.4 Å². The standard InChI is InChI=1S/C32H35N5O5/c1-35(2)15-16-36-17-19-37(20-18-36)31(39)23-9-11-24(12-10-23)33-29(22-7-5-4-6-8-22)28-26-14-13-25(42-32(40)41-3)21-27(26)34-30(28)38/h4-14,21,34,38H,15-20H2,1-3H3. The van der Waals surface area contributed by atoms with E-state index in [0.29, 0.717) is 46.5 Å². The maximum absolute atomic E-state index is 13.2. The number of benzene rings is 3. The molecule has 1 amide bonds. The smallest absolute Gasteiger partial charge is 0.494 e. The van der Waals surface area contributed by atoms with Crippen LogP contribution in [0.25, 0.3) is 10.9 Å². The first kappa shape index (κ1) is 28.8. The van der Waals surface area contributed by atoms with Crippen molar-refractivity contribution < 1.29 is 24.2 Å². The Morgan fingerprint density at radius 1 is 0.952 bits per heavy atom. The van der Waals surface area contributed by atoms with Gasteiger partial charge in [0.05, 0.1) is 29.6 Å². The first-order valence-corrected chi connectivity index (χ1v) is 13.8. The minimum atomic E-state index is -0.832.